The molecule has 0 unspecified atom stereocenters. The predicted octanol–water partition coefficient (Wildman–Crippen LogP) is 4.95. The largest absolute Gasteiger partial charge is 0.459 e. The molecule has 1 aromatic carbocycles. The van der Waals surface area contributed by atoms with Crippen molar-refractivity contribution in [3.05, 3.63) is 47.0 Å². The van der Waals surface area contributed by atoms with Gasteiger partial charge in [0.15, 0.2) is 0 Å². The Balaban J connectivity index is 1.69. The number of halogens is 1. The summed E-state index contributed by atoms with van der Waals surface area (Å²) in [5.41, 5.74) is 1.35. The fourth-order valence-electron chi connectivity index (χ4n) is 2.90. The van der Waals surface area contributed by atoms with E-state index in [1.165, 1.54) is 18.1 Å². The molecule has 2 nitrogen and oxygen atoms in total. The van der Waals surface area contributed by atoms with E-state index in [4.69, 9.17) is 16.3 Å². The SMILES string of the molecule is C/C=C/C(=O)OC1CCC(CCc2ccc(Cl)cc2)CC1. The Hall–Kier alpha value is -1.28. The Bertz CT molecular complexity index is 470. The van der Waals surface area contributed by atoms with E-state index in [0.29, 0.717) is 0 Å². The summed E-state index contributed by atoms with van der Waals surface area (Å²) in [5.74, 6) is 0.541. The van der Waals surface area contributed by atoms with E-state index in [2.05, 4.69) is 12.1 Å². The average Bonchev–Trinajstić information content (AvgIpc) is 2.48. The summed E-state index contributed by atoms with van der Waals surface area (Å²) >= 11 is 5.89. The number of aryl methyl sites for hydroxylation is 1. The Morgan fingerprint density at radius 3 is 2.52 bits per heavy atom. The molecule has 1 fully saturated rings. The van der Waals surface area contributed by atoms with Crippen molar-refractivity contribution in [2.24, 2.45) is 5.92 Å². The molecule has 0 radical (unpaired) electrons. The van der Waals surface area contributed by atoms with Gasteiger partial charge in [0.2, 0.25) is 0 Å². The molecule has 2 rings (SSSR count). The molecule has 0 spiro atoms. The number of hydrogen-bond donors (Lipinski definition) is 0. The van der Waals surface area contributed by atoms with Gasteiger partial charge < -0.3 is 4.74 Å². The van der Waals surface area contributed by atoms with E-state index in [0.717, 1.165) is 43.0 Å². The molecule has 0 aromatic heterocycles. The lowest BCUT2D eigenvalue weighted by Gasteiger charge is -2.28. The van der Waals surface area contributed by atoms with Crippen molar-refractivity contribution in [3.63, 3.8) is 0 Å². The maximum Gasteiger partial charge on any atom is 0.330 e. The Morgan fingerprint density at radius 2 is 1.90 bits per heavy atom. The van der Waals surface area contributed by atoms with E-state index in [1.807, 2.05) is 19.1 Å². The number of carbonyl (C=O) groups excluding carboxylic acids is 1. The van der Waals surface area contributed by atoms with Crippen molar-refractivity contribution in [3.8, 4) is 0 Å². The maximum atomic E-state index is 11.4. The highest BCUT2D eigenvalue weighted by Crippen LogP contribution is 2.29. The second-order valence-electron chi connectivity index (χ2n) is 5.74. The normalized spacial score (nSPS) is 22.4. The topological polar surface area (TPSA) is 26.3 Å². The number of allylic oxidation sites excluding steroid dienone is 1. The summed E-state index contributed by atoms with van der Waals surface area (Å²) in [7, 11) is 0. The zero-order valence-corrected chi connectivity index (χ0v) is 13.3. The number of ether oxygens (including phenoxy) is 1. The van der Waals surface area contributed by atoms with Crippen molar-refractivity contribution in [1.82, 2.24) is 0 Å². The van der Waals surface area contributed by atoms with Gasteiger partial charge in [0.25, 0.3) is 0 Å². The minimum absolute atomic E-state index is 0.112. The van der Waals surface area contributed by atoms with Gasteiger partial charge >= 0.3 is 5.97 Å². The van der Waals surface area contributed by atoms with E-state index in [-0.39, 0.29) is 12.1 Å². The monoisotopic (exact) mass is 306 g/mol. The molecule has 114 valence electrons. The van der Waals surface area contributed by atoms with Crippen LogP contribution in [0.15, 0.2) is 36.4 Å². The van der Waals surface area contributed by atoms with Gasteiger partial charge in [-0.25, -0.2) is 4.79 Å². The first-order valence-electron chi connectivity index (χ1n) is 7.75. The lowest BCUT2D eigenvalue weighted by atomic mass is 9.84. The first-order chi connectivity index (χ1) is 10.2. The minimum Gasteiger partial charge on any atom is -0.459 e. The summed E-state index contributed by atoms with van der Waals surface area (Å²) in [6.45, 7) is 1.83. The van der Waals surface area contributed by atoms with Gasteiger partial charge in [-0.15, -0.1) is 0 Å². The number of esters is 1. The van der Waals surface area contributed by atoms with Crippen LogP contribution in [0.25, 0.3) is 0 Å². The molecule has 0 heterocycles. The summed E-state index contributed by atoms with van der Waals surface area (Å²) in [6.07, 6.45) is 9.93. The predicted molar refractivity (Wildman–Crippen MR) is 86.4 cm³/mol. The van der Waals surface area contributed by atoms with Gasteiger partial charge in [-0.1, -0.05) is 29.8 Å². The third-order valence-corrected chi connectivity index (χ3v) is 4.39. The van der Waals surface area contributed by atoms with E-state index < -0.39 is 0 Å². The molecule has 0 aliphatic heterocycles. The summed E-state index contributed by atoms with van der Waals surface area (Å²) in [4.78, 5) is 11.4. The molecule has 0 atom stereocenters. The molecule has 0 amide bonds. The fraction of sp³-hybridized carbons (Fsp3) is 0.500. The van der Waals surface area contributed by atoms with Crippen LogP contribution in [0.5, 0.6) is 0 Å². The highest BCUT2D eigenvalue weighted by Gasteiger charge is 2.23. The van der Waals surface area contributed by atoms with Gasteiger partial charge in [-0.2, -0.15) is 0 Å². The van der Waals surface area contributed by atoms with Crippen LogP contribution in [0.2, 0.25) is 5.02 Å². The zero-order chi connectivity index (χ0) is 15.1. The number of rotatable bonds is 5. The van der Waals surface area contributed by atoms with Gasteiger partial charge in [0.05, 0.1) is 0 Å². The van der Waals surface area contributed by atoms with Gasteiger partial charge in [-0.3, -0.25) is 0 Å². The second kappa shape index (κ2) is 8.23. The van der Waals surface area contributed by atoms with Crippen LogP contribution < -0.4 is 0 Å². The molecule has 0 bridgehead atoms. The molecule has 1 aliphatic rings. The third kappa shape index (κ3) is 5.55. The summed E-state index contributed by atoms with van der Waals surface area (Å²) in [6, 6.07) is 8.11. The molecule has 1 saturated carbocycles. The molecule has 0 N–H and O–H groups in total. The van der Waals surface area contributed by atoms with Crippen LogP contribution in [-0.4, -0.2) is 12.1 Å². The number of hydrogen-bond acceptors (Lipinski definition) is 2. The van der Waals surface area contributed by atoms with Crippen LogP contribution in [-0.2, 0) is 16.0 Å². The summed E-state index contributed by atoms with van der Waals surface area (Å²) in [5, 5.41) is 0.794. The highest BCUT2D eigenvalue weighted by atomic mass is 35.5. The lowest BCUT2D eigenvalue weighted by Crippen LogP contribution is -2.24. The van der Waals surface area contributed by atoms with Gasteiger partial charge in [0.1, 0.15) is 6.10 Å². The van der Waals surface area contributed by atoms with Crippen LogP contribution in [0.4, 0.5) is 0 Å². The smallest absolute Gasteiger partial charge is 0.330 e. The molecule has 1 aliphatic carbocycles. The molecule has 3 heteroatoms. The van der Waals surface area contributed by atoms with Gasteiger partial charge in [0, 0.05) is 11.1 Å². The van der Waals surface area contributed by atoms with Crippen molar-refractivity contribution in [2.75, 3.05) is 0 Å². The van der Waals surface area contributed by atoms with Crippen LogP contribution >= 0.6 is 11.6 Å². The average molecular weight is 307 g/mol. The maximum absolute atomic E-state index is 11.4. The molecular formula is C18H23ClO2. The zero-order valence-electron chi connectivity index (χ0n) is 12.6. The minimum atomic E-state index is -0.206. The number of carbonyl (C=O) groups is 1. The van der Waals surface area contributed by atoms with E-state index >= 15 is 0 Å². The summed E-state index contributed by atoms with van der Waals surface area (Å²) < 4.78 is 5.42. The Kier molecular flexibility index (Phi) is 6.31. The van der Waals surface area contributed by atoms with Crippen molar-refractivity contribution < 1.29 is 9.53 Å². The quantitative estimate of drug-likeness (QED) is 0.568. The lowest BCUT2D eigenvalue weighted by molar-refractivity contribution is -0.144. The third-order valence-electron chi connectivity index (χ3n) is 4.13. The van der Waals surface area contributed by atoms with E-state index in [9.17, 15) is 4.79 Å². The Morgan fingerprint density at radius 1 is 1.24 bits per heavy atom. The van der Waals surface area contributed by atoms with Crippen molar-refractivity contribution in [1.29, 1.82) is 0 Å². The van der Waals surface area contributed by atoms with E-state index in [1.54, 1.807) is 6.08 Å². The molecule has 21 heavy (non-hydrogen) atoms. The highest BCUT2D eigenvalue weighted by molar-refractivity contribution is 6.30. The number of benzene rings is 1. The second-order valence-corrected chi connectivity index (χ2v) is 6.18. The van der Waals surface area contributed by atoms with Crippen molar-refractivity contribution in [2.45, 2.75) is 51.6 Å². The molecule has 1 aromatic rings. The first-order valence-corrected chi connectivity index (χ1v) is 8.13. The fourth-order valence-corrected chi connectivity index (χ4v) is 3.03. The Labute approximate surface area is 132 Å². The van der Waals surface area contributed by atoms with Crippen LogP contribution in [0, 0.1) is 5.92 Å². The molecular weight excluding hydrogens is 284 g/mol. The molecule has 0 saturated heterocycles. The standard InChI is InChI=1S/C18H23ClO2/c1-2-3-18(20)21-17-12-8-15(9-13-17)5-4-14-6-10-16(19)11-7-14/h2-3,6-7,10-11,15,17H,4-5,8-9,12-13H2,1H3/b3-2+. The van der Waals surface area contributed by atoms with Crippen LogP contribution in [0.1, 0.15) is 44.6 Å². The van der Waals surface area contributed by atoms with Crippen molar-refractivity contribution >= 4 is 17.6 Å². The van der Waals surface area contributed by atoms with Gasteiger partial charge in [-0.05, 0) is 69.1 Å². The van der Waals surface area contributed by atoms with Crippen LogP contribution in [0.3, 0.4) is 0 Å². The first kappa shape index (κ1) is 16.1.